The lowest BCUT2D eigenvalue weighted by molar-refractivity contribution is -0.0390. The molecular formula is C16H19N5O3. The van der Waals surface area contributed by atoms with E-state index >= 15 is 0 Å². The van der Waals surface area contributed by atoms with E-state index in [1.165, 1.54) is 7.11 Å². The molecule has 8 heteroatoms. The summed E-state index contributed by atoms with van der Waals surface area (Å²) in [6.45, 7) is 3.79. The molecule has 0 spiro atoms. The molecule has 2 heterocycles. The molecule has 0 bridgehead atoms. The van der Waals surface area contributed by atoms with Crippen LogP contribution < -0.4 is 0 Å². The van der Waals surface area contributed by atoms with E-state index in [0.717, 1.165) is 11.3 Å². The Kier molecular flexibility index (Phi) is 5.87. The molecule has 0 aromatic carbocycles. The van der Waals surface area contributed by atoms with Gasteiger partial charge >= 0.3 is 0 Å². The average molecular weight is 329 g/mol. The normalized spacial score (nSPS) is 17.3. The second kappa shape index (κ2) is 8.08. The highest BCUT2D eigenvalue weighted by atomic mass is 16.6. The number of hydrogen-bond donors (Lipinski definition) is 0. The molecule has 24 heavy (non-hydrogen) atoms. The summed E-state index contributed by atoms with van der Waals surface area (Å²) in [5, 5.41) is 13.2. The molecule has 0 aliphatic carbocycles. The molecule has 1 aromatic heterocycles. The third-order valence-electron chi connectivity index (χ3n) is 3.21. The van der Waals surface area contributed by atoms with Crippen molar-refractivity contribution in [3.8, 4) is 6.07 Å². The monoisotopic (exact) mass is 329 g/mol. The number of aryl methyl sites for hydroxylation is 2. The van der Waals surface area contributed by atoms with Crippen molar-refractivity contribution in [2.45, 2.75) is 20.1 Å². The molecule has 1 aromatic rings. The fourth-order valence-electron chi connectivity index (χ4n) is 2.21. The maximum Gasteiger partial charge on any atom is 0.296 e. The van der Waals surface area contributed by atoms with Crippen LogP contribution in [0.4, 0.5) is 0 Å². The van der Waals surface area contributed by atoms with E-state index in [0.29, 0.717) is 11.7 Å². The highest BCUT2D eigenvalue weighted by Crippen LogP contribution is 2.11. The predicted molar refractivity (Wildman–Crippen MR) is 88.0 cm³/mol. The van der Waals surface area contributed by atoms with Gasteiger partial charge in [-0.1, -0.05) is 5.16 Å². The first-order chi connectivity index (χ1) is 11.6. The van der Waals surface area contributed by atoms with Crippen molar-refractivity contribution < 1.29 is 14.3 Å². The van der Waals surface area contributed by atoms with Gasteiger partial charge in [-0.15, -0.1) is 0 Å². The van der Waals surface area contributed by atoms with Gasteiger partial charge in [0.1, 0.15) is 11.8 Å². The smallest absolute Gasteiger partial charge is 0.296 e. The molecular weight excluding hydrogens is 310 g/mol. The standard InChI is InChI=1S/C16H19N5O3/c1-11-7-12(2)19-13(8-11)14(9-17)20-24-10-21-15(22-3)5-6-18-16(21)23-4/h5-8,15H,10H2,1-4H3. The first kappa shape index (κ1) is 17.4. The van der Waals surface area contributed by atoms with E-state index in [1.54, 1.807) is 30.4 Å². The molecule has 2 rings (SSSR count). The zero-order valence-corrected chi connectivity index (χ0v) is 14.1. The lowest BCUT2D eigenvalue weighted by atomic mass is 10.2. The number of nitriles is 1. The number of aliphatic imine (C=N–C) groups is 1. The summed E-state index contributed by atoms with van der Waals surface area (Å²) < 4.78 is 10.5. The number of hydrogen-bond acceptors (Lipinski definition) is 8. The van der Waals surface area contributed by atoms with E-state index in [4.69, 9.17) is 14.3 Å². The van der Waals surface area contributed by atoms with E-state index in [2.05, 4.69) is 15.1 Å². The van der Waals surface area contributed by atoms with Gasteiger partial charge in [0.25, 0.3) is 6.02 Å². The van der Waals surface area contributed by atoms with Gasteiger partial charge in [-0.25, -0.2) is 4.99 Å². The van der Waals surface area contributed by atoms with E-state index in [1.807, 2.05) is 26.0 Å². The molecule has 1 atom stereocenters. The number of rotatable bonds is 5. The minimum absolute atomic E-state index is 0.00545. The largest absolute Gasteiger partial charge is 0.468 e. The van der Waals surface area contributed by atoms with Gasteiger partial charge in [-0.2, -0.15) is 5.26 Å². The van der Waals surface area contributed by atoms with Crippen molar-refractivity contribution in [1.82, 2.24) is 9.88 Å². The molecule has 0 saturated heterocycles. The molecule has 126 valence electrons. The van der Waals surface area contributed by atoms with Gasteiger partial charge in [0, 0.05) is 19.0 Å². The van der Waals surface area contributed by atoms with Gasteiger partial charge in [0.05, 0.1) is 7.11 Å². The number of ether oxygens (including phenoxy) is 2. The topological polar surface area (TPSA) is 92.3 Å². The first-order valence-electron chi connectivity index (χ1n) is 7.22. The Labute approximate surface area is 140 Å². The van der Waals surface area contributed by atoms with Crippen molar-refractivity contribution in [3.05, 3.63) is 41.4 Å². The van der Waals surface area contributed by atoms with Crippen molar-refractivity contribution in [2.75, 3.05) is 21.0 Å². The van der Waals surface area contributed by atoms with E-state index < -0.39 is 6.23 Å². The molecule has 1 aliphatic rings. The number of amidine groups is 1. The first-order valence-corrected chi connectivity index (χ1v) is 7.22. The van der Waals surface area contributed by atoms with Crippen LogP contribution in [0.3, 0.4) is 0 Å². The molecule has 0 saturated carbocycles. The molecule has 0 amide bonds. The lowest BCUT2D eigenvalue weighted by Crippen LogP contribution is -2.43. The maximum atomic E-state index is 9.30. The highest BCUT2D eigenvalue weighted by molar-refractivity contribution is 6.10. The Balaban J connectivity index is 2.12. The van der Waals surface area contributed by atoms with Crippen molar-refractivity contribution in [3.63, 3.8) is 0 Å². The van der Waals surface area contributed by atoms with Crippen LogP contribution in [0, 0.1) is 25.2 Å². The van der Waals surface area contributed by atoms with Crippen molar-refractivity contribution in [2.24, 2.45) is 10.1 Å². The summed E-state index contributed by atoms with van der Waals surface area (Å²) in [6.07, 6.45) is 2.94. The van der Waals surface area contributed by atoms with Crippen molar-refractivity contribution >= 4 is 11.7 Å². The Morgan fingerprint density at radius 3 is 2.79 bits per heavy atom. The zero-order chi connectivity index (χ0) is 17.5. The highest BCUT2D eigenvalue weighted by Gasteiger charge is 2.23. The number of oxime groups is 1. The zero-order valence-electron chi connectivity index (χ0n) is 14.1. The van der Waals surface area contributed by atoms with Crippen LogP contribution >= 0.6 is 0 Å². The number of pyridine rings is 1. The third kappa shape index (κ3) is 4.08. The van der Waals surface area contributed by atoms with Crippen LogP contribution in [0.25, 0.3) is 0 Å². The van der Waals surface area contributed by atoms with Crippen molar-refractivity contribution in [1.29, 1.82) is 5.26 Å². The van der Waals surface area contributed by atoms with Crippen LogP contribution in [0.1, 0.15) is 17.0 Å². The number of methoxy groups -OCH3 is 2. The second-order valence-electron chi connectivity index (χ2n) is 5.03. The minimum atomic E-state index is -0.391. The van der Waals surface area contributed by atoms with Crippen LogP contribution in [0.2, 0.25) is 0 Å². The summed E-state index contributed by atoms with van der Waals surface area (Å²) in [4.78, 5) is 15.3. The van der Waals surface area contributed by atoms with Crippen LogP contribution in [0.5, 0.6) is 0 Å². The summed E-state index contributed by atoms with van der Waals surface area (Å²) in [7, 11) is 3.06. The summed E-state index contributed by atoms with van der Waals surface area (Å²) >= 11 is 0. The fourth-order valence-corrected chi connectivity index (χ4v) is 2.21. The average Bonchev–Trinajstić information content (AvgIpc) is 2.57. The van der Waals surface area contributed by atoms with Gasteiger partial charge < -0.3 is 14.3 Å². The van der Waals surface area contributed by atoms with Crippen LogP contribution in [-0.2, 0) is 14.3 Å². The third-order valence-corrected chi connectivity index (χ3v) is 3.21. The summed E-state index contributed by atoms with van der Waals surface area (Å²) in [5.41, 5.74) is 2.37. The predicted octanol–water partition coefficient (Wildman–Crippen LogP) is 1.70. The summed E-state index contributed by atoms with van der Waals surface area (Å²) in [5.74, 6) is 0. The van der Waals surface area contributed by atoms with Gasteiger partial charge in [0.2, 0.25) is 5.71 Å². The SMILES string of the molecule is COC1=NC=CC(OC)N1CON=C(C#N)c1cc(C)cc(C)n1. The quantitative estimate of drug-likeness (QED) is 0.603. The Hall–Kier alpha value is -2.92. The Morgan fingerprint density at radius 2 is 2.17 bits per heavy atom. The summed E-state index contributed by atoms with van der Waals surface area (Å²) in [6, 6.07) is 6.03. The Bertz CT molecular complexity index is 701. The molecule has 1 unspecified atom stereocenters. The van der Waals surface area contributed by atoms with Gasteiger partial charge in [-0.05, 0) is 37.6 Å². The van der Waals surface area contributed by atoms with Gasteiger partial charge in [0.15, 0.2) is 13.0 Å². The van der Waals surface area contributed by atoms with E-state index in [-0.39, 0.29) is 12.4 Å². The van der Waals surface area contributed by atoms with Crippen LogP contribution in [0.15, 0.2) is 34.6 Å². The number of nitrogens with zero attached hydrogens (tertiary/aromatic N) is 5. The lowest BCUT2D eigenvalue weighted by Gasteiger charge is -2.30. The molecule has 1 aliphatic heterocycles. The number of aromatic nitrogens is 1. The fraction of sp³-hybridized carbons (Fsp3) is 0.375. The molecule has 0 fully saturated rings. The van der Waals surface area contributed by atoms with Crippen LogP contribution in [-0.4, -0.2) is 48.8 Å². The molecule has 8 nitrogen and oxygen atoms in total. The maximum absolute atomic E-state index is 9.30. The minimum Gasteiger partial charge on any atom is -0.468 e. The second-order valence-corrected chi connectivity index (χ2v) is 5.03. The Morgan fingerprint density at radius 1 is 1.38 bits per heavy atom. The van der Waals surface area contributed by atoms with Gasteiger partial charge in [-0.3, -0.25) is 9.88 Å². The van der Waals surface area contributed by atoms with E-state index in [9.17, 15) is 5.26 Å². The molecule has 0 N–H and O–H groups in total. The molecule has 0 radical (unpaired) electrons.